The molecule has 0 radical (unpaired) electrons. The maximum atomic E-state index is 15.6. The fourth-order valence-electron chi connectivity index (χ4n) is 5.88. The largest absolute Gasteiger partial charge is 0.487 e. The number of carbonyl (C=O) groups is 1. The standard InChI is InChI=1S/C32H35ClFN7O4/c1-19-27(32(43)41(39(19)2)25-8-4-3-7-23(25)33)31(42)37-20-10-14-40(15-11-20)30-29(35)36-18-24(38-30)22-6-5-9-26(28(22)34)45-21-12-16-44-17-13-21/h3-9,18,20-21H,10-17H2,1-2H3,(H2,35,36)(H,37,42). The third kappa shape index (κ3) is 6.12. The number of piperidine rings is 1. The molecule has 4 aromatic rings. The summed E-state index contributed by atoms with van der Waals surface area (Å²) < 4.78 is 29.9. The van der Waals surface area contributed by atoms with Crippen LogP contribution in [0.3, 0.4) is 0 Å². The first-order valence-corrected chi connectivity index (χ1v) is 15.4. The van der Waals surface area contributed by atoms with Crippen LogP contribution in [0.1, 0.15) is 41.7 Å². The molecule has 45 heavy (non-hydrogen) atoms. The molecule has 0 unspecified atom stereocenters. The van der Waals surface area contributed by atoms with Crippen LogP contribution in [-0.2, 0) is 11.8 Å². The summed E-state index contributed by atoms with van der Waals surface area (Å²) in [7, 11) is 1.72. The highest BCUT2D eigenvalue weighted by atomic mass is 35.5. The van der Waals surface area contributed by atoms with Crippen LogP contribution >= 0.6 is 11.6 Å². The molecule has 2 aliphatic rings. The van der Waals surface area contributed by atoms with Gasteiger partial charge in [-0.1, -0.05) is 29.8 Å². The van der Waals surface area contributed by atoms with Crippen LogP contribution < -0.4 is 26.2 Å². The van der Waals surface area contributed by atoms with E-state index in [1.54, 1.807) is 61.1 Å². The Morgan fingerprint density at radius 1 is 1.11 bits per heavy atom. The molecule has 0 spiro atoms. The van der Waals surface area contributed by atoms with Crippen LogP contribution in [0.15, 0.2) is 53.5 Å². The normalized spacial score (nSPS) is 16.1. The van der Waals surface area contributed by atoms with Crippen molar-refractivity contribution in [3.05, 3.63) is 81.1 Å². The first-order chi connectivity index (χ1) is 21.7. The Balaban J connectivity index is 1.14. The first-order valence-electron chi connectivity index (χ1n) is 15.0. The summed E-state index contributed by atoms with van der Waals surface area (Å²) in [5, 5.41) is 3.44. The number of amides is 1. The van der Waals surface area contributed by atoms with Gasteiger partial charge in [0.25, 0.3) is 11.5 Å². The molecule has 0 aliphatic carbocycles. The Bertz CT molecular complexity index is 1780. The Morgan fingerprint density at radius 2 is 1.84 bits per heavy atom. The zero-order valence-electron chi connectivity index (χ0n) is 25.1. The van der Waals surface area contributed by atoms with Gasteiger partial charge < -0.3 is 25.4 Å². The number of benzene rings is 2. The van der Waals surface area contributed by atoms with Crippen LogP contribution in [-0.4, -0.2) is 63.7 Å². The molecule has 0 bridgehead atoms. The second kappa shape index (κ2) is 12.9. The van der Waals surface area contributed by atoms with Gasteiger partial charge in [-0.05, 0) is 44.0 Å². The quantitative estimate of drug-likeness (QED) is 0.308. The maximum Gasteiger partial charge on any atom is 0.284 e. The first kappa shape index (κ1) is 30.6. The van der Waals surface area contributed by atoms with Crippen molar-refractivity contribution in [1.82, 2.24) is 24.6 Å². The lowest BCUT2D eigenvalue weighted by Crippen LogP contribution is -2.46. The van der Waals surface area contributed by atoms with Gasteiger partial charge in [0.1, 0.15) is 11.7 Å². The smallest absolute Gasteiger partial charge is 0.284 e. The number of hydrogen-bond acceptors (Lipinski definition) is 8. The van der Waals surface area contributed by atoms with E-state index in [1.807, 2.05) is 4.90 Å². The number of nitrogens with two attached hydrogens (primary N) is 1. The molecule has 2 aromatic carbocycles. The van der Waals surface area contributed by atoms with E-state index in [9.17, 15) is 9.59 Å². The lowest BCUT2D eigenvalue weighted by Gasteiger charge is -2.33. The third-order valence-corrected chi connectivity index (χ3v) is 8.79. The van der Waals surface area contributed by atoms with Gasteiger partial charge in [-0.2, -0.15) is 0 Å². The summed E-state index contributed by atoms with van der Waals surface area (Å²) in [6.07, 6.45) is 3.94. The number of rotatable bonds is 7. The lowest BCUT2D eigenvalue weighted by atomic mass is 10.0. The van der Waals surface area contributed by atoms with Crippen molar-refractivity contribution < 1.29 is 18.7 Å². The highest BCUT2D eigenvalue weighted by Crippen LogP contribution is 2.32. The fraction of sp³-hybridized carbons (Fsp3) is 0.375. The van der Waals surface area contributed by atoms with E-state index in [0.29, 0.717) is 79.9 Å². The van der Waals surface area contributed by atoms with Gasteiger partial charge in [-0.15, -0.1) is 0 Å². The lowest BCUT2D eigenvalue weighted by molar-refractivity contribution is 0.0241. The number of nitrogens with one attached hydrogen (secondary N) is 1. The van der Waals surface area contributed by atoms with Gasteiger partial charge in [-0.25, -0.2) is 19.0 Å². The number of anilines is 2. The maximum absolute atomic E-state index is 15.6. The van der Waals surface area contributed by atoms with Crippen LogP contribution in [0.25, 0.3) is 16.9 Å². The van der Waals surface area contributed by atoms with E-state index >= 15 is 4.39 Å². The number of nitrogen functional groups attached to an aromatic ring is 1. The molecule has 3 N–H and O–H groups in total. The fourth-order valence-corrected chi connectivity index (χ4v) is 6.10. The van der Waals surface area contributed by atoms with Crippen molar-refractivity contribution in [3.63, 3.8) is 0 Å². The molecule has 2 saturated heterocycles. The number of para-hydroxylation sites is 1. The van der Waals surface area contributed by atoms with E-state index in [4.69, 9.17) is 31.8 Å². The minimum Gasteiger partial charge on any atom is -0.487 e. The van der Waals surface area contributed by atoms with Crippen LogP contribution in [0.5, 0.6) is 5.75 Å². The van der Waals surface area contributed by atoms with Crippen LogP contribution in [0.4, 0.5) is 16.0 Å². The van der Waals surface area contributed by atoms with Crippen molar-refractivity contribution in [3.8, 4) is 22.7 Å². The average Bonchev–Trinajstić information content (AvgIpc) is 3.26. The van der Waals surface area contributed by atoms with Crippen molar-refractivity contribution in [1.29, 1.82) is 0 Å². The monoisotopic (exact) mass is 635 g/mol. The Morgan fingerprint density at radius 3 is 2.58 bits per heavy atom. The van der Waals surface area contributed by atoms with Gasteiger partial charge in [0.15, 0.2) is 23.2 Å². The molecule has 2 fully saturated rings. The molecule has 11 nitrogen and oxygen atoms in total. The minimum atomic E-state index is -0.500. The van der Waals surface area contributed by atoms with Crippen molar-refractivity contribution >= 4 is 29.1 Å². The second-order valence-corrected chi connectivity index (χ2v) is 11.7. The zero-order valence-corrected chi connectivity index (χ0v) is 25.9. The van der Waals surface area contributed by atoms with Crippen molar-refractivity contribution in [2.45, 2.75) is 44.8 Å². The predicted molar refractivity (Wildman–Crippen MR) is 170 cm³/mol. The predicted octanol–water partition coefficient (Wildman–Crippen LogP) is 4.27. The summed E-state index contributed by atoms with van der Waals surface area (Å²) in [6.45, 7) is 3.97. The molecular formula is C32H35ClFN7O4. The van der Waals surface area contributed by atoms with Crippen LogP contribution in [0.2, 0.25) is 5.02 Å². The number of hydrogen-bond donors (Lipinski definition) is 2. The molecule has 2 aromatic heterocycles. The number of carbonyl (C=O) groups excluding carboxylic acids is 1. The molecule has 0 saturated carbocycles. The molecule has 6 rings (SSSR count). The second-order valence-electron chi connectivity index (χ2n) is 11.3. The summed E-state index contributed by atoms with van der Waals surface area (Å²) in [4.78, 5) is 37.7. The SMILES string of the molecule is Cc1c(C(=O)NC2CCN(c3nc(-c4cccc(OC5CCOCC5)c4F)cnc3N)CC2)c(=O)n(-c2ccccc2Cl)n1C. The van der Waals surface area contributed by atoms with E-state index in [1.165, 1.54) is 10.9 Å². The Hall–Kier alpha value is -4.42. The number of nitrogens with zero attached hydrogens (tertiary/aromatic N) is 5. The molecular weight excluding hydrogens is 601 g/mol. The van der Waals surface area contributed by atoms with Crippen molar-refractivity contribution in [2.24, 2.45) is 7.05 Å². The van der Waals surface area contributed by atoms with Gasteiger partial charge in [0, 0.05) is 44.6 Å². The molecule has 4 heterocycles. The van der Waals surface area contributed by atoms with E-state index in [2.05, 4.69) is 10.3 Å². The van der Waals surface area contributed by atoms with Gasteiger partial charge >= 0.3 is 0 Å². The molecule has 0 atom stereocenters. The summed E-state index contributed by atoms with van der Waals surface area (Å²) in [5.41, 5.74) is 7.52. The summed E-state index contributed by atoms with van der Waals surface area (Å²) in [6, 6.07) is 11.8. The Kier molecular flexibility index (Phi) is 8.77. The zero-order chi connectivity index (χ0) is 31.7. The van der Waals surface area contributed by atoms with E-state index < -0.39 is 17.3 Å². The van der Waals surface area contributed by atoms with E-state index in [-0.39, 0.29) is 34.8 Å². The number of halogens is 2. The number of aromatic nitrogens is 4. The number of ether oxygens (including phenoxy) is 2. The molecule has 1 amide bonds. The topological polar surface area (TPSA) is 130 Å². The van der Waals surface area contributed by atoms with E-state index in [0.717, 1.165) is 0 Å². The third-order valence-electron chi connectivity index (χ3n) is 8.47. The molecule has 2 aliphatic heterocycles. The Labute approximate surface area is 264 Å². The van der Waals surface area contributed by atoms with Gasteiger partial charge in [0.05, 0.1) is 41.5 Å². The highest BCUT2D eigenvalue weighted by molar-refractivity contribution is 6.32. The summed E-state index contributed by atoms with van der Waals surface area (Å²) in [5.74, 6) is -0.0779. The highest BCUT2D eigenvalue weighted by Gasteiger charge is 2.28. The van der Waals surface area contributed by atoms with Crippen molar-refractivity contribution in [2.75, 3.05) is 36.9 Å². The minimum absolute atomic E-state index is 0.0766. The van der Waals surface area contributed by atoms with Gasteiger partial charge in [0.2, 0.25) is 0 Å². The molecule has 13 heteroatoms. The van der Waals surface area contributed by atoms with Gasteiger partial charge in [-0.3, -0.25) is 14.3 Å². The average molecular weight is 636 g/mol. The molecule has 236 valence electrons. The summed E-state index contributed by atoms with van der Waals surface area (Å²) >= 11 is 6.35. The van der Waals surface area contributed by atoms with Crippen LogP contribution in [0, 0.1) is 12.7 Å².